The van der Waals surface area contributed by atoms with Crippen LogP contribution in [0.4, 0.5) is 0 Å². The minimum atomic E-state index is 0.498. The van der Waals surface area contributed by atoms with Crippen LogP contribution in [0.25, 0.3) is 6.08 Å². The highest BCUT2D eigenvalue weighted by atomic mass is 16.5. The van der Waals surface area contributed by atoms with Crippen LogP contribution in [0.2, 0.25) is 0 Å². The van der Waals surface area contributed by atoms with Crippen molar-refractivity contribution >= 4 is 6.08 Å². The van der Waals surface area contributed by atoms with Crippen molar-refractivity contribution in [2.45, 2.75) is 0 Å². The normalized spacial score (nSPS) is 10.0. The van der Waals surface area contributed by atoms with Gasteiger partial charge in [0.1, 0.15) is 12.4 Å². The molecule has 0 aliphatic carbocycles. The molecule has 0 saturated heterocycles. The molecule has 0 spiro atoms. The molecule has 14 heavy (non-hydrogen) atoms. The number of ether oxygens (including phenoxy) is 1. The molecule has 0 radical (unpaired) electrons. The van der Waals surface area contributed by atoms with Crippen molar-refractivity contribution in [1.82, 2.24) is 0 Å². The lowest BCUT2D eigenvalue weighted by Crippen LogP contribution is -2.10. The molecule has 3 nitrogen and oxygen atoms in total. The molecule has 72 valence electrons. The van der Waals surface area contributed by atoms with E-state index in [0.29, 0.717) is 13.2 Å². The Morgan fingerprint density at radius 2 is 2.36 bits per heavy atom. The Kier molecular flexibility index (Phi) is 4.25. The number of hydrogen-bond donors (Lipinski definition) is 1. The fourth-order valence-electron chi connectivity index (χ4n) is 1.02. The number of hydrogen-bond acceptors (Lipinski definition) is 3. The first kappa shape index (κ1) is 10.3. The van der Waals surface area contributed by atoms with Crippen LogP contribution in [-0.2, 0) is 0 Å². The molecule has 0 atom stereocenters. The van der Waals surface area contributed by atoms with Crippen LogP contribution in [0.3, 0.4) is 0 Å². The number of allylic oxidation sites excluding steroid dienone is 1. The second-order valence-electron chi connectivity index (χ2n) is 2.67. The number of rotatable bonds is 4. The van der Waals surface area contributed by atoms with Crippen molar-refractivity contribution in [2.75, 3.05) is 13.2 Å². The standard InChI is InChI=1S/C11H12N2O/c12-6-2-4-10-3-1-5-11(9-10)14-8-7-13/h1-5,9H,7-8,13H2. The highest BCUT2D eigenvalue weighted by Crippen LogP contribution is 2.13. The van der Waals surface area contributed by atoms with E-state index in [0.717, 1.165) is 11.3 Å². The Labute approximate surface area is 83.4 Å². The Morgan fingerprint density at radius 1 is 1.50 bits per heavy atom. The van der Waals surface area contributed by atoms with Crippen LogP contribution in [0, 0.1) is 11.3 Å². The summed E-state index contributed by atoms with van der Waals surface area (Å²) < 4.78 is 5.33. The minimum absolute atomic E-state index is 0.498. The molecule has 0 aliphatic heterocycles. The van der Waals surface area contributed by atoms with Gasteiger partial charge in [0.05, 0.1) is 6.07 Å². The quantitative estimate of drug-likeness (QED) is 0.729. The molecular formula is C11H12N2O. The predicted octanol–water partition coefficient (Wildman–Crippen LogP) is 1.56. The van der Waals surface area contributed by atoms with Crippen LogP contribution < -0.4 is 10.5 Å². The summed E-state index contributed by atoms with van der Waals surface area (Å²) in [5, 5.41) is 8.35. The Morgan fingerprint density at radius 3 is 3.07 bits per heavy atom. The molecule has 1 aromatic rings. The zero-order valence-electron chi connectivity index (χ0n) is 7.81. The van der Waals surface area contributed by atoms with Crippen molar-refractivity contribution in [3.8, 4) is 11.8 Å². The van der Waals surface area contributed by atoms with Gasteiger partial charge in [0.25, 0.3) is 0 Å². The third kappa shape index (κ3) is 3.30. The van der Waals surface area contributed by atoms with Crippen LogP contribution in [0.15, 0.2) is 30.3 Å². The van der Waals surface area contributed by atoms with Gasteiger partial charge >= 0.3 is 0 Å². The van der Waals surface area contributed by atoms with E-state index in [1.165, 1.54) is 6.08 Å². The van der Waals surface area contributed by atoms with Gasteiger partial charge in [0.2, 0.25) is 0 Å². The number of benzene rings is 1. The van der Waals surface area contributed by atoms with E-state index >= 15 is 0 Å². The molecule has 0 heterocycles. The summed E-state index contributed by atoms with van der Waals surface area (Å²) in [6.07, 6.45) is 3.16. The summed E-state index contributed by atoms with van der Waals surface area (Å²) in [7, 11) is 0. The van der Waals surface area contributed by atoms with E-state index in [1.54, 1.807) is 6.08 Å². The van der Waals surface area contributed by atoms with E-state index in [1.807, 2.05) is 30.3 Å². The van der Waals surface area contributed by atoms with Gasteiger partial charge in [-0.3, -0.25) is 0 Å². The molecule has 0 bridgehead atoms. The summed E-state index contributed by atoms with van der Waals surface area (Å²) in [5.74, 6) is 0.774. The maximum absolute atomic E-state index is 8.35. The van der Waals surface area contributed by atoms with Gasteiger partial charge in [-0.1, -0.05) is 12.1 Å². The fourth-order valence-corrected chi connectivity index (χ4v) is 1.02. The Hall–Kier alpha value is -1.79. The smallest absolute Gasteiger partial charge is 0.119 e. The largest absolute Gasteiger partial charge is 0.492 e. The summed E-state index contributed by atoms with van der Waals surface area (Å²) in [4.78, 5) is 0. The number of nitrogens with two attached hydrogens (primary N) is 1. The first-order valence-electron chi connectivity index (χ1n) is 4.36. The average molecular weight is 188 g/mol. The third-order valence-corrected chi connectivity index (χ3v) is 1.59. The van der Waals surface area contributed by atoms with Crippen molar-refractivity contribution < 1.29 is 4.74 Å². The molecule has 0 aliphatic rings. The molecule has 0 saturated carbocycles. The summed E-state index contributed by atoms with van der Waals surface area (Å²) >= 11 is 0. The first-order chi connectivity index (χ1) is 6.86. The number of nitrogens with zero attached hydrogens (tertiary/aromatic N) is 1. The lowest BCUT2D eigenvalue weighted by Gasteiger charge is -2.04. The van der Waals surface area contributed by atoms with E-state index in [-0.39, 0.29) is 0 Å². The lowest BCUT2D eigenvalue weighted by atomic mass is 10.2. The molecule has 1 rings (SSSR count). The maximum Gasteiger partial charge on any atom is 0.119 e. The fraction of sp³-hybridized carbons (Fsp3) is 0.182. The van der Waals surface area contributed by atoms with Gasteiger partial charge in [-0.25, -0.2) is 0 Å². The zero-order chi connectivity index (χ0) is 10.2. The SMILES string of the molecule is N#CC=Cc1cccc(OCCN)c1. The van der Waals surface area contributed by atoms with Crippen molar-refractivity contribution in [1.29, 1.82) is 5.26 Å². The Balaban J connectivity index is 2.69. The van der Waals surface area contributed by atoms with Crippen molar-refractivity contribution in [3.63, 3.8) is 0 Å². The molecule has 0 amide bonds. The average Bonchev–Trinajstić information content (AvgIpc) is 2.24. The van der Waals surface area contributed by atoms with Gasteiger partial charge in [-0.05, 0) is 23.8 Å². The van der Waals surface area contributed by atoms with E-state index in [9.17, 15) is 0 Å². The van der Waals surface area contributed by atoms with Gasteiger partial charge in [0.15, 0.2) is 0 Å². The zero-order valence-corrected chi connectivity index (χ0v) is 7.81. The molecule has 0 fully saturated rings. The van der Waals surface area contributed by atoms with Crippen LogP contribution in [0.1, 0.15) is 5.56 Å². The number of nitriles is 1. The van der Waals surface area contributed by atoms with E-state index in [2.05, 4.69) is 0 Å². The molecule has 1 aromatic carbocycles. The topological polar surface area (TPSA) is 59.0 Å². The van der Waals surface area contributed by atoms with Gasteiger partial charge in [-0.2, -0.15) is 5.26 Å². The van der Waals surface area contributed by atoms with Crippen LogP contribution in [-0.4, -0.2) is 13.2 Å². The highest BCUT2D eigenvalue weighted by molar-refractivity contribution is 5.53. The van der Waals surface area contributed by atoms with Gasteiger partial charge in [-0.15, -0.1) is 0 Å². The minimum Gasteiger partial charge on any atom is -0.492 e. The lowest BCUT2D eigenvalue weighted by molar-refractivity contribution is 0.328. The third-order valence-electron chi connectivity index (χ3n) is 1.59. The summed E-state index contributed by atoms with van der Waals surface area (Å²) in [6, 6.07) is 9.45. The van der Waals surface area contributed by atoms with Gasteiger partial charge < -0.3 is 10.5 Å². The van der Waals surface area contributed by atoms with E-state index in [4.69, 9.17) is 15.7 Å². The van der Waals surface area contributed by atoms with Crippen LogP contribution in [0.5, 0.6) is 5.75 Å². The molecule has 0 aromatic heterocycles. The molecule has 3 heteroatoms. The van der Waals surface area contributed by atoms with Gasteiger partial charge in [0, 0.05) is 12.6 Å². The maximum atomic E-state index is 8.35. The van der Waals surface area contributed by atoms with Crippen molar-refractivity contribution in [3.05, 3.63) is 35.9 Å². The summed E-state index contributed by atoms with van der Waals surface area (Å²) in [6.45, 7) is 1.00. The van der Waals surface area contributed by atoms with E-state index < -0.39 is 0 Å². The molecule has 2 N–H and O–H groups in total. The summed E-state index contributed by atoms with van der Waals surface area (Å²) in [5.41, 5.74) is 6.26. The second-order valence-corrected chi connectivity index (χ2v) is 2.67. The first-order valence-corrected chi connectivity index (χ1v) is 4.36. The Bertz CT molecular complexity index is 353. The van der Waals surface area contributed by atoms with Crippen LogP contribution >= 0.6 is 0 Å². The molecule has 0 unspecified atom stereocenters. The van der Waals surface area contributed by atoms with Crippen molar-refractivity contribution in [2.24, 2.45) is 5.73 Å². The second kappa shape index (κ2) is 5.79. The predicted molar refractivity (Wildman–Crippen MR) is 55.6 cm³/mol. The monoisotopic (exact) mass is 188 g/mol. The molecular weight excluding hydrogens is 176 g/mol. The highest BCUT2D eigenvalue weighted by Gasteiger charge is 1.92.